The van der Waals surface area contributed by atoms with Gasteiger partial charge in [-0.1, -0.05) is 85.1 Å². The van der Waals surface area contributed by atoms with Crippen LogP contribution in [0.15, 0.2) is 102 Å². The van der Waals surface area contributed by atoms with Gasteiger partial charge in [0.05, 0.1) is 34.8 Å². The Hall–Kier alpha value is -4.25. The van der Waals surface area contributed by atoms with Gasteiger partial charge in [-0.25, -0.2) is 8.42 Å². The first-order valence-electron chi connectivity index (χ1n) is 15.4. The molecule has 1 N–H and O–H groups in total. The third-order valence-corrected chi connectivity index (χ3v) is 10.2. The lowest BCUT2D eigenvalue weighted by Gasteiger charge is -2.34. The van der Waals surface area contributed by atoms with Crippen molar-refractivity contribution in [2.24, 2.45) is 0 Å². The molecule has 0 spiro atoms. The van der Waals surface area contributed by atoms with Crippen molar-refractivity contribution in [2.45, 2.75) is 43.7 Å². The van der Waals surface area contributed by atoms with Gasteiger partial charge < -0.3 is 19.7 Å². The fourth-order valence-electron chi connectivity index (χ4n) is 5.12. The van der Waals surface area contributed by atoms with Gasteiger partial charge in [-0.3, -0.25) is 13.9 Å². The minimum atomic E-state index is -4.34. The molecule has 0 bridgehead atoms. The van der Waals surface area contributed by atoms with Crippen molar-refractivity contribution in [3.8, 4) is 11.5 Å². The van der Waals surface area contributed by atoms with Crippen LogP contribution in [0.2, 0.25) is 10.0 Å². The monoisotopic (exact) mass is 711 g/mol. The molecule has 0 aliphatic carbocycles. The van der Waals surface area contributed by atoms with Crippen LogP contribution in [-0.2, 0) is 32.6 Å². The van der Waals surface area contributed by atoms with E-state index in [2.05, 4.69) is 5.32 Å². The van der Waals surface area contributed by atoms with Gasteiger partial charge in [0.15, 0.2) is 0 Å². The van der Waals surface area contributed by atoms with E-state index < -0.39 is 28.5 Å². The Bertz CT molecular complexity index is 1790. The number of methoxy groups -OCH3 is 2. The minimum absolute atomic E-state index is 0.0449. The first kappa shape index (κ1) is 36.6. The van der Waals surface area contributed by atoms with Crippen molar-refractivity contribution < 1.29 is 27.5 Å². The summed E-state index contributed by atoms with van der Waals surface area (Å²) in [6, 6.07) is 25.7. The molecule has 9 nitrogen and oxygen atoms in total. The summed E-state index contributed by atoms with van der Waals surface area (Å²) in [5.41, 5.74) is 1.59. The number of ether oxygens (including phenoxy) is 2. The lowest BCUT2D eigenvalue weighted by Crippen LogP contribution is -2.53. The molecule has 0 unspecified atom stereocenters. The number of halogens is 2. The first-order valence-corrected chi connectivity index (χ1v) is 17.6. The van der Waals surface area contributed by atoms with Crippen molar-refractivity contribution in [2.75, 3.05) is 31.6 Å². The number of anilines is 1. The highest BCUT2D eigenvalue weighted by molar-refractivity contribution is 7.92. The van der Waals surface area contributed by atoms with E-state index in [4.69, 9.17) is 32.7 Å². The van der Waals surface area contributed by atoms with Crippen LogP contribution in [0.4, 0.5) is 5.69 Å². The SMILES string of the molecule is CCCCNC(=O)[C@@H](Cc1ccccc1)N(Cc1ccc(Cl)c(Cl)c1)C(=O)CN(c1ccccc1OC)S(=O)(=O)c1ccc(OC)cc1. The predicted octanol–water partition coefficient (Wildman–Crippen LogP) is 6.76. The first-order chi connectivity index (χ1) is 23.1. The topological polar surface area (TPSA) is 105 Å². The van der Waals surface area contributed by atoms with Crippen LogP contribution in [0, 0.1) is 0 Å². The van der Waals surface area contributed by atoms with E-state index in [0.717, 1.165) is 22.7 Å². The molecule has 48 heavy (non-hydrogen) atoms. The minimum Gasteiger partial charge on any atom is -0.497 e. The zero-order chi connectivity index (χ0) is 34.7. The Labute approximate surface area is 292 Å². The Morgan fingerprint density at radius 2 is 1.52 bits per heavy atom. The van der Waals surface area contributed by atoms with E-state index in [9.17, 15) is 18.0 Å². The molecular formula is C36H39Cl2N3O6S. The molecule has 4 aromatic carbocycles. The molecule has 4 rings (SSSR count). The maximum Gasteiger partial charge on any atom is 0.264 e. The van der Waals surface area contributed by atoms with Gasteiger partial charge in [-0.2, -0.15) is 0 Å². The van der Waals surface area contributed by atoms with E-state index in [1.54, 1.807) is 42.5 Å². The lowest BCUT2D eigenvalue weighted by molar-refractivity contribution is -0.140. The highest BCUT2D eigenvalue weighted by atomic mass is 35.5. The van der Waals surface area contributed by atoms with E-state index in [1.165, 1.54) is 43.4 Å². The Kier molecular flexibility index (Phi) is 13.1. The lowest BCUT2D eigenvalue weighted by atomic mass is 10.0. The third kappa shape index (κ3) is 9.21. The maximum absolute atomic E-state index is 14.6. The molecule has 12 heteroatoms. The standard InChI is InChI=1S/C36H39Cl2N3O6S/c1-4-5-21-39-36(43)33(23-26-11-7-6-8-12-26)40(24-27-15-20-30(37)31(38)22-27)35(42)25-41(32-13-9-10-14-34(32)47-3)48(44,45)29-18-16-28(46-2)17-19-29/h6-20,22,33H,4-5,21,23-25H2,1-3H3,(H,39,43)/t33-/m1/s1. The Morgan fingerprint density at radius 1 is 0.833 bits per heavy atom. The summed E-state index contributed by atoms with van der Waals surface area (Å²) < 4.78 is 40.4. The van der Waals surface area contributed by atoms with Crippen LogP contribution >= 0.6 is 23.2 Å². The largest absolute Gasteiger partial charge is 0.497 e. The summed E-state index contributed by atoms with van der Waals surface area (Å²) in [6.45, 7) is 1.76. The van der Waals surface area contributed by atoms with Crippen LogP contribution in [0.1, 0.15) is 30.9 Å². The molecule has 1 atom stereocenters. The quantitative estimate of drug-likeness (QED) is 0.129. The van der Waals surface area contributed by atoms with Crippen LogP contribution in [0.5, 0.6) is 11.5 Å². The molecule has 0 saturated heterocycles. The molecular weight excluding hydrogens is 673 g/mol. The second kappa shape index (κ2) is 17.2. The fourth-order valence-corrected chi connectivity index (χ4v) is 6.86. The smallest absolute Gasteiger partial charge is 0.264 e. The Morgan fingerprint density at radius 3 is 2.17 bits per heavy atom. The number of amides is 2. The molecule has 2 amide bonds. The third-order valence-electron chi connectivity index (χ3n) is 7.72. The van der Waals surface area contributed by atoms with Gasteiger partial charge in [-0.05, 0) is 66.1 Å². The second-order valence-electron chi connectivity index (χ2n) is 11.0. The number of rotatable bonds is 16. The number of nitrogens with one attached hydrogen (secondary N) is 1. The van der Waals surface area contributed by atoms with Crippen molar-refractivity contribution in [3.05, 3.63) is 118 Å². The number of hydrogen-bond donors (Lipinski definition) is 1. The average molecular weight is 713 g/mol. The van der Waals surface area contributed by atoms with Gasteiger partial charge >= 0.3 is 0 Å². The van der Waals surface area contributed by atoms with Gasteiger partial charge in [0.2, 0.25) is 11.8 Å². The van der Waals surface area contributed by atoms with Gasteiger partial charge in [0, 0.05) is 19.5 Å². The molecule has 254 valence electrons. The number of hydrogen-bond acceptors (Lipinski definition) is 6. The molecule has 0 radical (unpaired) electrons. The van der Waals surface area contributed by atoms with E-state index in [0.29, 0.717) is 22.9 Å². The number of carbonyl (C=O) groups is 2. The number of benzene rings is 4. The van der Waals surface area contributed by atoms with E-state index in [-0.39, 0.29) is 40.2 Å². The molecule has 0 saturated carbocycles. The number of unbranched alkanes of at least 4 members (excludes halogenated alkanes) is 1. The summed E-state index contributed by atoms with van der Waals surface area (Å²) in [6.07, 6.45) is 1.81. The normalized spacial score (nSPS) is 11.8. The summed E-state index contributed by atoms with van der Waals surface area (Å²) >= 11 is 12.5. The molecule has 0 aliphatic heterocycles. The fraction of sp³-hybridized carbons (Fsp3) is 0.278. The molecule has 0 heterocycles. The molecule has 0 aromatic heterocycles. The van der Waals surface area contributed by atoms with Crippen LogP contribution < -0.4 is 19.1 Å². The zero-order valence-electron chi connectivity index (χ0n) is 27.1. The van der Waals surface area contributed by atoms with Gasteiger partial charge in [0.25, 0.3) is 10.0 Å². The summed E-state index contributed by atoms with van der Waals surface area (Å²) in [5.74, 6) is -0.255. The summed E-state index contributed by atoms with van der Waals surface area (Å²) in [7, 11) is -1.43. The molecule has 0 aliphatic rings. The van der Waals surface area contributed by atoms with Gasteiger partial charge in [0.1, 0.15) is 24.1 Å². The van der Waals surface area contributed by atoms with Crippen LogP contribution in [-0.4, -0.2) is 58.5 Å². The van der Waals surface area contributed by atoms with Crippen molar-refractivity contribution >= 4 is 50.7 Å². The molecule has 4 aromatic rings. The maximum atomic E-state index is 14.6. The molecule has 0 fully saturated rings. The van der Waals surface area contributed by atoms with Crippen LogP contribution in [0.25, 0.3) is 0 Å². The Balaban J connectivity index is 1.83. The highest BCUT2D eigenvalue weighted by Crippen LogP contribution is 2.33. The predicted molar refractivity (Wildman–Crippen MR) is 189 cm³/mol. The number of carbonyl (C=O) groups excluding carboxylic acids is 2. The average Bonchev–Trinajstić information content (AvgIpc) is 3.10. The summed E-state index contributed by atoms with van der Waals surface area (Å²) in [5, 5.41) is 3.59. The summed E-state index contributed by atoms with van der Waals surface area (Å²) in [4.78, 5) is 29.9. The second-order valence-corrected chi connectivity index (χ2v) is 13.7. The zero-order valence-corrected chi connectivity index (χ0v) is 29.4. The van der Waals surface area contributed by atoms with Crippen molar-refractivity contribution in [1.82, 2.24) is 10.2 Å². The van der Waals surface area contributed by atoms with Crippen molar-refractivity contribution in [3.63, 3.8) is 0 Å². The number of para-hydroxylation sites is 2. The number of nitrogens with zero attached hydrogens (tertiary/aromatic N) is 2. The van der Waals surface area contributed by atoms with E-state index in [1.807, 2.05) is 37.3 Å². The highest BCUT2D eigenvalue weighted by Gasteiger charge is 2.35. The van der Waals surface area contributed by atoms with Gasteiger partial charge in [-0.15, -0.1) is 0 Å². The van der Waals surface area contributed by atoms with Crippen LogP contribution in [0.3, 0.4) is 0 Å². The van der Waals surface area contributed by atoms with Crippen molar-refractivity contribution in [1.29, 1.82) is 0 Å². The van der Waals surface area contributed by atoms with E-state index >= 15 is 0 Å². The number of sulfonamides is 1.